The normalized spacial score (nSPS) is 11.4. The van der Waals surface area contributed by atoms with Crippen LogP contribution in [-0.2, 0) is 14.3 Å². The number of nitrogens with zero attached hydrogens (tertiary/aromatic N) is 2. The van der Waals surface area contributed by atoms with Gasteiger partial charge in [-0.05, 0) is 56.0 Å². The Morgan fingerprint density at radius 1 is 1.19 bits per heavy atom. The van der Waals surface area contributed by atoms with Gasteiger partial charge in [0.05, 0.1) is 18.8 Å². The highest BCUT2D eigenvalue weighted by Crippen LogP contribution is 2.27. The minimum atomic E-state index is -0.595. The summed E-state index contributed by atoms with van der Waals surface area (Å²) < 4.78 is 10.9. The van der Waals surface area contributed by atoms with Crippen LogP contribution in [0.4, 0.5) is 11.4 Å². The number of carbonyl (C=O) groups excluding carboxylic acids is 2. The molecule has 0 aliphatic rings. The number of nitriles is 1. The standard InChI is InChI=1S/C28H34N4O4/c1-7-35-26(33)17-32(23-11-12-25(21(14-23)15-29)36-18-28(4,5)6)27(34)24(20(3)30)16-31-22-10-8-9-19(2)13-22/h8-14,16,30-31H,7,17-18H2,1-6H3/p+1/b24-16+,30-20?. The molecule has 0 saturated heterocycles. The largest absolute Gasteiger partial charge is 0.492 e. The molecule has 0 atom stereocenters. The molecule has 8 heteroatoms. The topological polar surface area (TPSA) is 120 Å². The average Bonchev–Trinajstić information content (AvgIpc) is 2.80. The van der Waals surface area contributed by atoms with Gasteiger partial charge in [0.15, 0.2) is 0 Å². The van der Waals surface area contributed by atoms with E-state index in [0.29, 0.717) is 18.0 Å². The summed E-state index contributed by atoms with van der Waals surface area (Å²) in [5.74, 6) is -0.750. The number of esters is 1. The molecule has 0 aliphatic carbocycles. The first-order chi connectivity index (χ1) is 16.9. The zero-order chi connectivity index (χ0) is 26.9. The highest BCUT2D eigenvalue weighted by molar-refractivity contribution is 6.24. The van der Waals surface area contributed by atoms with E-state index in [0.717, 1.165) is 11.3 Å². The molecule has 1 amide bonds. The van der Waals surface area contributed by atoms with Crippen molar-refractivity contribution in [3.8, 4) is 11.8 Å². The van der Waals surface area contributed by atoms with Crippen LogP contribution in [0.5, 0.6) is 5.75 Å². The van der Waals surface area contributed by atoms with Gasteiger partial charge in [0.25, 0.3) is 5.91 Å². The Morgan fingerprint density at radius 3 is 2.50 bits per heavy atom. The van der Waals surface area contributed by atoms with Crippen LogP contribution in [0.2, 0.25) is 0 Å². The van der Waals surface area contributed by atoms with Crippen LogP contribution in [-0.4, -0.2) is 37.3 Å². The number of nitrogens with two attached hydrogens (primary N) is 1. The first-order valence-corrected chi connectivity index (χ1v) is 11.8. The van der Waals surface area contributed by atoms with E-state index in [1.165, 1.54) is 17.9 Å². The summed E-state index contributed by atoms with van der Waals surface area (Å²) in [5, 5.41) is 19.7. The SMILES string of the molecule is CCOC(=O)CN(C(=O)/C(=C/[NH2+]c1cccc(C)c1)C(C)=N)c1ccc(OCC(C)(C)C)c(C#N)c1. The van der Waals surface area contributed by atoms with E-state index >= 15 is 0 Å². The minimum absolute atomic E-state index is 0.0448. The predicted octanol–water partition coefficient (Wildman–Crippen LogP) is 4.01. The van der Waals surface area contributed by atoms with Gasteiger partial charge in [-0.1, -0.05) is 32.9 Å². The monoisotopic (exact) mass is 491 g/mol. The van der Waals surface area contributed by atoms with Gasteiger partial charge in [0.1, 0.15) is 35.8 Å². The maximum absolute atomic E-state index is 13.6. The van der Waals surface area contributed by atoms with Crippen molar-refractivity contribution in [1.29, 1.82) is 10.7 Å². The predicted molar refractivity (Wildman–Crippen MR) is 139 cm³/mol. The Bertz CT molecular complexity index is 1190. The molecule has 2 aromatic carbocycles. The van der Waals surface area contributed by atoms with Crippen molar-refractivity contribution in [1.82, 2.24) is 0 Å². The lowest BCUT2D eigenvalue weighted by Crippen LogP contribution is -2.71. The van der Waals surface area contributed by atoms with Crippen molar-refractivity contribution in [2.24, 2.45) is 5.41 Å². The Hall–Kier alpha value is -3.96. The van der Waals surface area contributed by atoms with Gasteiger partial charge in [-0.25, -0.2) is 0 Å². The number of aryl methyl sites for hydroxylation is 1. The third-order valence-electron chi connectivity index (χ3n) is 5.01. The lowest BCUT2D eigenvalue weighted by molar-refractivity contribution is -0.496. The van der Waals surface area contributed by atoms with Crippen molar-refractivity contribution in [3.63, 3.8) is 0 Å². The van der Waals surface area contributed by atoms with Gasteiger partial charge >= 0.3 is 5.97 Å². The van der Waals surface area contributed by atoms with Gasteiger partial charge in [-0.2, -0.15) is 5.26 Å². The summed E-state index contributed by atoms with van der Waals surface area (Å²) in [6.45, 7) is 11.4. The summed E-state index contributed by atoms with van der Waals surface area (Å²) in [7, 11) is 0. The third-order valence-corrected chi connectivity index (χ3v) is 5.01. The first kappa shape index (κ1) is 28.3. The molecule has 0 radical (unpaired) electrons. The van der Waals surface area contributed by atoms with E-state index in [2.05, 4.69) is 6.07 Å². The molecule has 0 unspecified atom stereocenters. The molecule has 0 heterocycles. The van der Waals surface area contributed by atoms with Crippen LogP contribution in [0.15, 0.2) is 54.2 Å². The Labute approximate surface area is 213 Å². The summed E-state index contributed by atoms with van der Waals surface area (Å²) in [6, 6.07) is 14.6. The Balaban J connectivity index is 2.46. The third kappa shape index (κ3) is 8.36. The molecule has 2 rings (SSSR count). The van der Waals surface area contributed by atoms with Gasteiger partial charge in [-0.15, -0.1) is 0 Å². The summed E-state index contributed by atoms with van der Waals surface area (Å²) >= 11 is 0. The molecule has 0 saturated carbocycles. The van der Waals surface area contributed by atoms with Crippen LogP contribution < -0.4 is 15.0 Å². The molecule has 36 heavy (non-hydrogen) atoms. The lowest BCUT2D eigenvalue weighted by atomic mass is 9.98. The van der Waals surface area contributed by atoms with Crippen LogP contribution in [0.3, 0.4) is 0 Å². The van der Waals surface area contributed by atoms with E-state index in [1.807, 2.05) is 52.0 Å². The van der Waals surface area contributed by atoms with Gasteiger partial charge < -0.3 is 14.9 Å². The minimum Gasteiger partial charge on any atom is -0.492 e. The molecular formula is C28H35N4O4+. The van der Waals surface area contributed by atoms with E-state index in [9.17, 15) is 14.9 Å². The molecule has 2 aromatic rings. The number of hydrogen-bond donors (Lipinski definition) is 2. The molecule has 0 aromatic heterocycles. The molecule has 0 spiro atoms. The maximum atomic E-state index is 13.6. The number of rotatable bonds is 10. The van der Waals surface area contributed by atoms with E-state index in [-0.39, 0.29) is 35.4 Å². The number of carbonyl (C=O) groups is 2. The molecular weight excluding hydrogens is 456 g/mol. The number of hydrogen-bond acceptors (Lipinski definition) is 6. The Kier molecular flexibility index (Phi) is 9.94. The van der Waals surface area contributed by atoms with Crippen molar-refractivity contribution in [3.05, 3.63) is 65.4 Å². The van der Waals surface area contributed by atoms with E-state index in [4.69, 9.17) is 14.9 Å². The van der Waals surface area contributed by atoms with Gasteiger partial charge in [-0.3, -0.25) is 19.8 Å². The summed E-state index contributed by atoms with van der Waals surface area (Å²) in [6.07, 6.45) is 1.57. The number of anilines is 1. The fourth-order valence-electron chi connectivity index (χ4n) is 3.26. The average molecular weight is 492 g/mol. The van der Waals surface area contributed by atoms with Crippen molar-refractivity contribution < 1.29 is 24.4 Å². The van der Waals surface area contributed by atoms with E-state index < -0.39 is 11.9 Å². The number of benzene rings is 2. The number of amides is 1. The number of ether oxygens (including phenoxy) is 2. The second-order valence-electron chi connectivity index (χ2n) is 9.62. The molecule has 8 nitrogen and oxygen atoms in total. The van der Waals surface area contributed by atoms with Crippen LogP contribution >= 0.6 is 0 Å². The summed E-state index contributed by atoms with van der Waals surface area (Å²) in [4.78, 5) is 27.2. The van der Waals surface area contributed by atoms with Crippen molar-refractivity contribution >= 4 is 29.0 Å². The van der Waals surface area contributed by atoms with Crippen LogP contribution in [0, 0.1) is 29.1 Å². The fourth-order valence-corrected chi connectivity index (χ4v) is 3.26. The number of nitrogens with one attached hydrogen (secondary N) is 1. The second-order valence-corrected chi connectivity index (χ2v) is 9.62. The molecule has 3 N–H and O–H groups in total. The van der Waals surface area contributed by atoms with Gasteiger partial charge in [0.2, 0.25) is 0 Å². The molecule has 0 fully saturated rings. The Morgan fingerprint density at radius 2 is 1.92 bits per heavy atom. The zero-order valence-corrected chi connectivity index (χ0v) is 21.8. The van der Waals surface area contributed by atoms with Crippen molar-refractivity contribution in [2.75, 3.05) is 24.7 Å². The van der Waals surface area contributed by atoms with Crippen molar-refractivity contribution in [2.45, 2.75) is 41.5 Å². The fraction of sp³-hybridized carbons (Fsp3) is 0.357. The van der Waals surface area contributed by atoms with Gasteiger partial charge in [0, 0.05) is 17.5 Å². The molecule has 0 bridgehead atoms. The molecule has 0 aliphatic heterocycles. The van der Waals surface area contributed by atoms with E-state index in [1.54, 1.807) is 30.6 Å². The highest BCUT2D eigenvalue weighted by atomic mass is 16.5. The maximum Gasteiger partial charge on any atom is 0.326 e. The quantitative estimate of drug-likeness (QED) is 0.225. The second kappa shape index (κ2) is 12.7. The summed E-state index contributed by atoms with van der Waals surface area (Å²) in [5.41, 5.74) is 2.57. The highest BCUT2D eigenvalue weighted by Gasteiger charge is 2.26. The first-order valence-electron chi connectivity index (χ1n) is 11.8. The van der Waals surface area contributed by atoms with Crippen LogP contribution in [0.25, 0.3) is 0 Å². The lowest BCUT2D eigenvalue weighted by Gasteiger charge is -2.24. The number of quaternary nitrogens is 1. The van der Waals surface area contributed by atoms with Crippen LogP contribution in [0.1, 0.15) is 45.7 Å². The zero-order valence-electron chi connectivity index (χ0n) is 21.8. The smallest absolute Gasteiger partial charge is 0.326 e. The molecule has 190 valence electrons.